The van der Waals surface area contributed by atoms with Crippen molar-refractivity contribution in [1.82, 2.24) is 10.2 Å². The molecule has 1 aromatic rings. The maximum Gasteiger partial charge on any atom is 0.241 e. The quantitative estimate of drug-likeness (QED) is 0.913. The lowest BCUT2D eigenvalue weighted by molar-refractivity contribution is -0.135. The Kier molecular flexibility index (Phi) is 3.79. The summed E-state index contributed by atoms with van der Waals surface area (Å²) in [5.41, 5.74) is 1.23. The van der Waals surface area contributed by atoms with Gasteiger partial charge in [-0.05, 0) is 37.2 Å². The van der Waals surface area contributed by atoms with E-state index in [9.17, 15) is 4.79 Å². The Hall–Kier alpha value is -1.35. The molecule has 1 aromatic carbocycles. The topological polar surface area (TPSA) is 32.3 Å². The van der Waals surface area contributed by atoms with Crippen LogP contribution in [-0.4, -0.2) is 29.1 Å². The summed E-state index contributed by atoms with van der Waals surface area (Å²) >= 11 is 0. The van der Waals surface area contributed by atoms with E-state index in [4.69, 9.17) is 0 Å². The molecule has 2 fully saturated rings. The van der Waals surface area contributed by atoms with Gasteiger partial charge in [0, 0.05) is 6.04 Å². The van der Waals surface area contributed by atoms with Crippen LogP contribution >= 0.6 is 0 Å². The highest BCUT2D eigenvalue weighted by molar-refractivity contribution is 5.85. The van der Waals surface area contributed by atoms with Crippen LogP contribution in [0.5, 0.6) is 0 Å². The van der Waals surface area contributed by atoms with Crippen molar-refractivity contribution in [3.63, 3.8) is 0 Å². The van der Waals surface area contributed by atoms with Crippen molar-refractivity contribution in [3.8, 4) is 0 Å². The Bertz CT molecular complexity index is 467. The molecule has 1 saturated carbocycles. The number of nitrogens with zero attached hydrogens (tertiary/aromatic N) is 1. The van der Waals surface area contributed by atoms with Gasteiger partial charge in [-0.1, -0.05) is 44.2 Å². The van der Waals surface area contributed by atoms with Crippen molar-refractivity contribution < 1.29 is 4.79 Å². The number of rotatable bonds is 4. The highest BCUT2D eigenvalue weighted by atomic mass is 16.2. The number of carbonyl (C=O) groups is 1. The third-order valence-corrected chi connectivity index (χ3v) is 4.69. The molecule has 0 spiro atoms. The fraction of sp³-hybridized carbons (Fsp3) is 0.588. The second-order valence-corrected chi connectivity index (χ2v) is 6.31. The van der Waals surface area contributed by atoms with Gasteiger partial charge in [-0.15, -0.1) is 0 Å². The number of nitrogens with one attached hydrogen (secondary N) is 1. The number of benzene rings is 1. The summed E-state index contributed by atoms with van der Waals surface area (Å²) in [5, 5.41) is 3.53. The minimum Gasteiger partial charge on any atom is -0.323 e. The van der Waals surface area contributed by atoms with E-state index < -0.39 is 0 Å². The van der Waals surface area contributed by atoms with Gasteiger partial charge in [-0.3, -0.25) is 10.1 Å². The molecule has 0 aromatic heterocycles. The van der Waals surface area contributed by atoms with E-state index in [1.807, 2.05) is 18.2 Å². The zero-order valence-corrected chi connectivity index (χ0v) is 12.4. The molecule has 2 aliphatic rings. The van der Waals surface area contributed by atoms with Gasteiger partial charge in [0.25, 0.3) is 0 Å². The standard InChI is InChI=1S/C17H24N2O/c1-3-16-18-15(11-13-7-5-4-6-8-13)17(20)19(16)14-9-12(2)10-14/h4-8,12,14-16,18H,3,9-11H2,1-2H3. The molecule has 1 aliphatic carbocycles. The van der Waals surface area contributed by atoms with Crippen LogP contribution in [0.1, 0.15) is 38.7 Å². The summed E-state index contributed by atoms with van der Waals surface area (Å²) in [4.78, 5) is 14.8. The Morgan fingerprint density at radius 2 is 1.95 bits per heavy atom. The second-order valence-electron chi connectivity index (χ2n) is 6.31. The number of carbonyl (C=O) groups excluding carboxylic acids is 1. The molecule has 3 nitrogen and oxygen atoms in total. The number of hydrogen-bond donors (Lipinski definition) is 1. The summed E-state index contributed by atoms with van der Waals surface area (Å²) in [5.74, 6) is 1.08. The fourth-order valence-corrected chi connectivity index (χ4v) is 3.55. The van der Waals surface area contributed by atoms with Crippen molar-refractivity contribution in [2.24, 2.45) is 5.92 Å². The number of hydrogen-bond acceptors (Lipinski definition) is 2. The van der Waals surface area contributed by atoms with E-state index >= 15 is 0 Å². The first-order valence-electron chi connectivity index (χ1n) is 7.81. The Labute approximate surface area is 121 Å². The zero-order valence-electron chi connectivity index (χ0n) is 12.4. The first-order valence-corrected chi connectivity index (χ1v) is 7.81. The van der Waals surface area contributed by atoms with Crippen LogP contribution in [0.25, 0.3) is 0 Å². The van der Waals surface area contributed by atoms with Crippen molar-refractivity contribution in [2.45, 2.75) is 57.8 Å². The first kappa shape index (κ1) is 13.6. The van der Waals surface area contributed by atoms with Crippen LogP contribution < -0.4 is 5.32 Å². The highest BCUT2D eigenvalue weighted by Crippen LogP contribution is 2.35. The van der Waals surface area contributed by atoms with Crippen molar-refractivity contribution in [2.75, 3.05) is 0 Å². The van der Waals surface area contributed by atoms with Crippen LogP contribution in [0.2, 0.25) is 0 Å². The van der Waals surface area contributed by atoms with Gasteiger partial charge in [-0.25, -0.2) is 0 Å². The molecule has 1 saturated heterocycles. The Morgan fingerprint density at radius 3 is 2.55 bits per heavy atom. The summed E-state index contributed by atoms with van der Waals surface area (Å²) in [6.07, 6.45) is 4.36. The molecular formula is C17H24N2O. The van der Waals surface area contributed by atoms with E-state index in [2.05, 4.69) is 36.2 Å². The highest BCUT2D eigenvalue weighted by Gasteiger charge is 2.44. The molecule has 1 heterocycles. The molecule has 0 radical (unpaired) electrons. The summed E-state index contributed by atoms with van der Waals surface area (Å²) in [6, 6.07) is 10.7. The Balaban J connectivity index is 1.70. The molecule has 108 valence electrons. The van der Waals surface area contributed by atoms with E-state index in [1.54, 1.807) is 0 Å². The Morgan fingerprint density at radius 1 is 1.25 bits per heavy atom. The lowest BCUT2D eigenvalue weighted by Crippen LogP contribution is -2.50. The maximum atomic E-state index is 12.7. The molecule has 1 amide bonds. The minimum absolute atomic E-state index is 0.0433. The van der Waals surface area contributed by atoms with Gasteiger partial charge < -0.3 is 4.90 Å². The molecule has 1 N–H and O–H groups in total. The lowest BCUT2D eigenvalue weighted by Gasteiger charge is -2.42. The van der Waals surface area contributed by atoms with Crippen molar-refractivity contribution in [1.29, 1.82) is 0 Å². The van der Waals surface area contributed by atoms with Crippen molar-refractivity contribution >= 4 is 5.91 Å². The zero-order chi connectivity index (χ0) is 14.1. The van der Waals surface area contributed by atoms with E-state index in [-0.39, 0.29) is 12.2 Å². The second kappa shape index (κ2) is 5.57. The largest absolute Gasteiger partial charge is 0.323 e. The first-order chi connectivity index (χ1) is 9.69. The van der Waals surface area contributed by atoms with Crippen molar-refractivity contribution in [3.05, 3.63) is 35.9 Å². The van der Waals surface area contributed by atoms with Crippen LogP contribution in [0.15, 0.2) is 30.3 Å². The van der Waals surface area contributed by atoms with E-state index in [1.165, 1.54) is 18.4 Å². The summed E-state index contributed by atoms with van der Waals surface area (Å²) in [6.45, 7) is 4.43. The van der Waals surface area contributed by atoms with Gasteiger partial charge in [0.05, 0.1) is 12.2 Å². The van der Waals surface area contributed by atoms with Gasteiger partial charge in [-0.2, -0.15) is 0 Å². The predicted octanol–water partition coefficient (Wildman–Crippen LogP) is 2.56. The summed E-state index contributed by atoms with van der Waals surface area (Å²) in [7, 11) is 0. The van der Waals surface area contributed by atoms with Gasteiger partial charge >= 0.3 is 0 Å². The van der Waals surface area contributed by atoms with Gasteiger partial charge in [0.1, 0.15) is 0 Å². The molecule has 3 rings (SSSR count). The fourth-order valence-electron chi connectivity index (χ4n) is 3.55. The molecule has 2 atom stereocenters. The molecule has 1 aliphatic heterocycles. The molecule has 2 unspecified atom stereocenters. The molecule has 20 heavy (non-hydrogen) atoms. The SMILES string of the molecule is CCC1NC(Cc2ccccc2)C(=O)N1C1CC(C)C1. The average Bonchev–Trinajstić information content (AvgIpc) is 2.73. The summed E-state index contributed by atoms with van der Waals surface area (Å²) < 4.78 is 0. The van der Waals surface area contributed by atoms with E-state index in [0.717, 1.165) is 18.8 Å². The monoisotopic (exact) mass is 272 g/mol. The van der Waals surface area contributed by atoms with Crippen LogP contribution in [0, 0.1) is 5.92 Å². The maximum absolute atomic E-state index is 12.7. The number of amides is 1. The third kappa shape index (κ3) is 2.47. The van der Waals surface area contributed by atoms with Gasteiger partial charge in [0.15, 0.2) is 0 Å². The average molecular weight is 272 g/mol. The van der Waals surface area contributed by atoms with Crippen LogP contribution in [0.3, 0.4) is 0 Å². The molecule has 3 heteroatoms. The normalized spacial score (nSPS) is 33.3. The van der Waals surface area contributed by atoms with Gasteiger partial charge in [0.2, 0.25) is 5.91 Å². The smallest absolute Gasteiger partial charge is 0.241 e. The van der Waals surface area contributed by atoms with E-state index in [0.29, 0.717) is 11.9 Å². The predicted molar refractivity (Wildman–Crippen MR) is 80.2 cm³/mol. The lowest BCUT2D eigenvalue weighted by atomic mass is 9.80. The van der Waals surface area contributed by atoms with Crippen LogP contribution in [0.4, 0.5) is 0 Å². The van der Waals surface area contributed by atoms with Crippen LogP contribution in [-0.2, 0) is 11.2 Å². The molecular weight excluding hydrogens is 248 g/mol. The molecule has 0 bridgehead atoms. The minimum atomic E-state index is -0.0433. The third-order valence-electron chi connectivity index (χ3n) is 4.69.